The molecule has 0 radical (unpaired) electrons. The van der Waals surface area contributed by atoms with Crippen LogP contribution in [0.4, 0.5) is 0 Å². The van der Waals surface area contributed by atoms with E-state index < -0.39 is 11.6 Å². The van der Waals surface area contributed by atoms with Gasteiger partial charge in [-0.05, 0) is 38.1 Å². The number of ether oxygens (including phenoxy) is 2. The summed E-state index contributed by atoms with van der Waals surface area (Å²) in [5, 5.41) is 18.0. The fraction of sp³-hybridized carbons (Fsp3) is 0.417. The molecule has 1 aromatic rings. The normalized spacial score (nSPS) is 11.1. The molecule has 0 unspecified atom stereocenters. The van der Waals surface area contributed by atoms with Gasteiger partial charge in [0.05, 0.1) is 6.61 Å². The third-order valence-electron chi connectivity index (χ3n) is 1.89. The molecule has 0 amide bonds. The van der Waals surface area contributed by atoms with Gasteiger partial charge in [-0.25, -0.2) is 4.79 Å². The fourth-order valence-corrected chi connectivity index (χ4v) is 0.999. The average molecular weight is 240 g/mol. The van der Waals surface area contributed by atoms with E-state index in [0.717, 1.165) is 0 Å². The van der Waals surface area contributed by atoms with Gasteiger partial charge in [0, 0.05) is 0 Å². The maximum absolute atomic E-state index is 11.4. The van der Waals surface area contributed by atoms with Crippen molar-refractivity contribution in [2.24, 2.45) is 0 Å². The zero-order chi connectivity index (χ0) is 12.9. The Morgan fingerprint density at radius 1 is 1.24 bits per heavy atom. The van der Waals surface area contributed by atoms with Gasteiger partial charge in [-0.1, -0.05) is 0 Å². The molecule has 0 saturated heterocycles. The van der Waals surface area contributed by atoms with E-state index >= 15 is 0 Å². The van der Waals surface area contributed by atoms with Crippen LogP contribution in [-0.4, -0.2) is 35.0 Å². The number of hydrogen-bond donors (Lipinski definition) is 2. The Morgan fingerprint density at radius 3 is 2.24 bits per heavy atom. The van der Waals surface area contributed by atoms with Crippen LogP contribution in [0.15, 0.2) is 24.3 Å². The smallest absolute Gasteiger partial charge is 0.342 e. The van der Waals surface area contributed by atoms with E-state index in [4.69, 9.17) is 14.6 Å². The standard InChI is InChI=1S/C12H16O5/c1-12(2,15)11(14)17-10-5-3-9(4-6-10)16-8-7-13/h3-6,13,15H,7-8H2,1-2H3. The number of aliphatic hydroxyl groups excluding tert-OH is 1. The minimum atomic E-state index is -1.52. The zero-order valence-electron chi connectivity index (χ0n) is 9.84. The van der Waals surface area contributed by atoms with Gasteiger partial charge in [-0.2, -0.15) is 0 Å². The van der Waals surface area contributed by atoms with Gasteiger partial charge in [0.25, 0.3) is 0 Å². The molecule has 94 valence electrons. The van der Waals surface area contributed by atoms with Crippen molar-refractivity contribution in [1.29, 1.82) is 0 Å². The Bertz CT molecular complexity index is 363. The first-order chi connectivity index (χ1) is 7.93. The van der Waals surface area contributed by atoms with Crippen molar-refractivity contribution in [2.75, 3.05) is 13.2 Å². The number of rotatable bonds is 5. The number of benzene rings is 1. The molecule has 0 aromatic heterocycles. The molecule has 0 bridgehead atoms. The van der Waals surface area contributed by atoms with Gasteiger partial charge < -0.3 is 19.7 Å². The zero-order valence-corrected chi connectivity index (χ0v) is 9.84. The lowest BCUT2D eigenvalue weighted by atomic mass is 10.1. The Labute approximate surface area is 99.6 Å². The summed E-state index contributed by atoms with van der Waals surface area (Å²) < 4.78 is 10.1. The van der Waals surface area contributed by atoms with Gasteiger partial charge in [-0.15, -0.1) is 0 Å². The molecule has 5 nitrogen and oxygen atoms in total. The molecule has 0 heterocycles. The number of carbonyl (C=O) groups is 1. The van der Waals surface area contributed by atoms with Crippen molar-refractivity contribution < 1.29 is 24.5 Å². The van der Waals surface area contributed by atoms with Crippen molar-refractivity contribution in [3.63, 3.8) is 0 Å². The Morgan fingerprint density at radius 2 is 1.76 bits per heavy atom. The Balaban J connectivity index is 2.59. The highest BCUT2D eigenvalue weighted by atomic mass is 16.6. The molecule has 0 fully saturated rings. The summed E-state index contributed by atoms with van der Waals surface area (Å²) in [5.74, 6) is 0.178. The van der Waals surface area contributed by atoms with Gasteiger partial charge in [0.2, 0.25) is 0 Å². The third kappa shape index (κ3) is 4.42. The molecule has 0 aliphatic rings. The first kappa shape index (κ1) is 13.5. The van der Waals surface area contributed by atoms with Crippen molar-refractivity contribution in [2.45, 2.75) is 19.4 Å². The van der Waals surface area contributed by atoms with Crippen LogP contribution in [0.5, 0.6) is 11.5 Å². The molecule has 2 N–H and O–H groups in total. The van der Waals surface area contributed by atoms with E-state index in [0.29, 0.717) is 11.5 Å². The number of esters is 1. The quantitative estimate of drug-likeness (QED) is 0.586. The minimum absolute atomic E-state index is 0.0601. The maximum atomic E-state index is 11.4. The van der Waals surface area contributed by atoms with Crippen LogP contribution >= 0.6 is 0 Å². The molecule has 1 rings (SSSR count). The summed E-state index contributed by atoms with van der Waals surface area (Å²) in [4.78, 5) is 11.4. The summed E-state index contributed by atoms with van der Waals surface area (Å²) in [6.45, 7) is 2.86. The second kappa shape index (κ2) is 5.65. The van der Waals surface area contributed by atoms with Crippen molar-refractivity contribution in [3.8, 4) is 11.5 Å². The van der Waals surface area contributed by atoms with E-state index in [1.165, 1.54) is 13.8 Å². The largest absolute Gasteiger partial charge is 0.491 e. The van der Waals surface area contributed by atoms with Crippen molar-refractivity contribution in [1.82, 2.24) is 0 Å². The second-order valence-electron chi connectivity index (χ2n) is 3.99. The summed E-state index contributed by atoms with van der Waals surface area (Å²) in [7, 11) is 0. The molecule has 0 aliphatic carbocycles. The summed E-state index contributed by atoms with van der Waals surface area (Å²) in [6.07, 6.45) is 0. The average Bonchev–Trinajstić information content (AvgIpc) is 2.27. The van der Waals surface area contributed by atoms with E-state index in [-0.39, 0.29) is 13.2 Å². The monoisotopic (exact) mass is 240 g/mol. The summed E-state index contributed by atoms with van der Waals surface area (Å²) >= 11 is 0. The number of aliphatic hydroxyl groups is 2. The molecule has 0 atom stereocenters. The maximum Gasteiger partial charge on any atom is 0.342 e. The predicted molar refractivity (Wildman–Crippen MR) is 61.0 cm³/mol. The number of hydrogen-bond acceptors (Lipinski definition) is 5. The first-order valence-corrected chi connectivity index (χ1v) is 5.22. The van der Waals surface area contributed by atoms with Gasteiger partial charge in [-0.3, -0.25) is 0 Å². The molecule has 0 saturated carbocycles. The van der Waals surface area contributed by atoms with Crippen LogP contribution < -0.4 is 9.47 Å². The molecule has 5 heteroatoms. The topological polar surface area (TPSA) is 76.0 Å². The summed E-state index contributed by atoms with van der Waals surface area (Å²) in [6, 6.07) is 6.33. The highest BCUT2D eigenvalue weighted by molar-refractivity contribution is 5.80. The van der Waals surface area contributed by atoms with Gasteiger partial charge in [0.15, 0.2) is 5.60 Å². The predicted octanol–water partition coefficient (Wildman–Crippen LogP) is 0.734. The highest BCUT2D eigenvalue weighted by Crippen LogP contribution is 2.19. The van der Waals surface area contributed by atoms with Crippen LogP contribution in [0.25, 0.3) is 0 Å². The van der Waals surface area contributed by atoms with E-state index in [2.05, 4.69) is 0 Å². The molecule has 17 heavy (non-hydrogen) atoms. The van der Waals surface area contributed by atoms with Crippen LogP contribution in [-0.2, 0) is 4.79 Å². The summed E-state index contributed by atoms with van der Waals surface area (Å²) in [5.41, 5.74) is -1.52. The molecule has 0 aliphatic heterocycles. The lowest BCUT2D eigenvalue weighted by molar-refractivity contribution is -0.151. The lowest BCUT2D eigenvalue weighted by Crippen LogP contribution is -2.35. The third-order valence-corrected chi connectivity index (χ3v) is 1.89. The van der Waals surface area contributed by atoms with Crippen molar-refractivity contribution in [3.05, 3.63) is 24.3 Å². The number of carbonyl (C=O) groups excluding carboxylic acids is 1. The molecule has 1 aromatic carbocycles. The second-order valence-corrected chi connectivity index (χ2v) is 3.99. The van der Waals surface area contributed by atoms with Gasteiger partial charge in [0.1, 0.15) is 18.1 Å². The van der Waals surface area contributed by atoms with Crippen molar-refractivity contribution >= 4 is 5.97 Å². The van der Waals surface area contributed by atoms with E-state index in [1.54, 1.807) is 24.3 Å². The van der Waals surface area contributed by atoms with Crippen LogP contribution in [0.3, 0.4) is 0 Å². The fourth-order valence-electron chi connectivity index (χ4n) is 0.999. The van der Waals surface area contributed by atoms with Crippen LogP contribution in [0.1, 0.15) is 13.8 Å². The highest BCUT2D eigenvalue weighted by Gasteiger charge is 2.26. The first-order valence-electron chi connectivity index (χ1n) is 5.22. The van der Waals surface area contributed by atoms with Crippen LogP contribution in [0.2, 0.25) is 0 Å². The van der Waals surface area contributed by atoms with E-state index in [9.17, 15) is 9.90 Å². The Kier molecular flexibility index (Phi) is 4.48. The Hall–Kier alpha value is -1.59. The molecule has 0 spiro atoms. The SMILES string of the molecule is CC(C)(O)C(=O)Oc1ccc(OCCO)cc1. The van der Waals surface area contributed by atoms with Gasteiger partial charge >= 0.3 is 5.97 Å². The lowest BCUT2D eigenvalue weighted by Gasteiger charge is -2.15. The van der Waals surface area contributed by atoms with E-state index in [1.807, 2.05) is 0 Å². The molecular formula is C12H16O5. The molecular weight excluding hydrogens is 224 g/mol. The minimum Gasteiger partial charge on any atom is -0.491 e. The van der Waals surface area contributed by atoms with Crippen LogP contribution in [0, 0.1) is 0 Å².